The van der Waals surface area contributed by atoms with Gasteiger partial charge in [-0.25, -0.2) is 4.79 Å². The van der Waals surface area contributed by atoms with Crippen LogP contribution in [-0.4, -0.2) is 30.2 Å². The maximum Gasteiger partial charge on any atom is 0.355 e. The molecule has 2 aromatic carbocycles. The second-order valence-electron chi connectivity index (χ2n) is 8.70. The number of ether oxygens (including phenoxy) is 1. The maximum atomic E-state index is 12.7. The Labute approximate surface area is 189 Å². The number of nitrogens with zero attached hydrogens (tertiary/aromatic N) is 2. The van der Waals surface area contributed by atoms with Crippen LogP contribution in [0.5, 0.6) is 0 Å². The van der Waals surface area contributed by atoms with E-state index in [0.717, 1.165) is 35.4 Å². The standard InChI is InChI=1S/C25H32ClN3O2/c1-6-31-25(30)23-11-18-9-7-8-10-22(18)29(23)19-12-20(26)24(21(27)13-19)28(14-16(2)3)15-17(4)5/h7-13,16-17H,6,14-15,27H2,1-5H3. The average Bonchev–Trinajstić information content (AvgIpc) is 3.06. The van der Waals surface area contributed by atoms with Crippen molar-refractivity contribution in [2.75, 3.05) is 30.3 Å². The summed E-state index contributed by atoms with van der Waals surface area (Å²) >= 11 is 6.81. The molecule has 0 saturated heterocycles. The average molecular weight is 442 g/mol. The molecule has 0 spiro atoms. The molecule has 166 valence electrons. The molecule has 1 aromatic heterocycles. The van der Waals surface area contributed by atoms with Gasteiger partial charge in [-0.15, -0.1) is 0 Å². The zero-order valence-corrected chi connectivity index (χ0v) is 19.7. The number of nitrogens with two attached hydrogens (primary N) is 1. The summed E-state index contributed by atoms with van der Waals surface area (Å²) in [6.45, 7) is 12.6. The lowest BCUT2D eigenvalue weighted by molar-refractivity contribution is 0.0517. The number of nitrogen functional groups attached to an aromatic ring is 1. The van der Waals surface area contributed by atoms with Crippen LogP contribution in [-0.2, 0) is 4.74 Å². The van der Waals surface area contributed by atoms with E-state index in [0.29, 0.717) is 34.8 Å². The van der Waals surface area contributed by atoms with Crippen molar-refractivity contribution in [3.05, 3.63) is 53.2 Å². The molecule has 0 aliphatic rings. The topological polar surface area (TPSA) is 60.5 Å². The van der Waals surface area contributed by atoms with Crippen molar-refractivity contribution in [3.8, 4) is 5.69 Å². The van der Waals surface area contributed by atoms with Gasteiger partial charge in [0.15, 0.2) is 0 Å². The first-order chi connectivity index (χ1) is 14.7. The highest BCUT2D eigenvalue weighted by molar-refractivity contribution is 6.34. The summed E-state index contributed by atoms with van der Waals surface area (Å²) in [6.07, 6.45) is 0. The zero-order valence-electron chi connectivity index (χ0n) is 19.0. The number of hydrogen-bond donors (Lipinski definition) is 1. The number of benzene rings is 2. The van der Waals surface area contributed by atoms with Gasteiger partial charge in [0.1, 0.15) is 5.69 Å². The number of esters is 1. The van der Waals surface area contributed by atoms with Crippen molar-refractivity contribution >= 4 is 39.8 Å². The molecule has 31 heavy (non-hydrogen) atoms. The van der Waals surface area contributed by atoms with Gasteiger partial charge < -0.3 is 19.9 Å². The third-order valence-electron chi connectivity index (χ3n) is 5.02. The molecule has 0 aliphatic carbocycles. The van der Waals surface area contributed by atoms with Gasteiger partial charge in [-0.1, -0.05) is 57.5 Å². The molecular formula is C25H32ClN3O2. The van der Waals surface area contributed by atoms with Gasteiger partial charge in [-0.05, 0) is 43.0 Å². The Morgan fingerprint density at radius 3 is 2.32 bits per heavy atom. The monoisotopic (exact) mass is 441 g/mol. The van der Waals surface area contributed by atoms with Crippen molar-refractivity contribution in [1.29, 1.82) is 0 Å². The molecule has 0 amide bonds. The van der Waals surface area contributed by atoms with Crippen molar-refractivity contribution in [2.24, 2.45) is 11.8 Å². The third-order valence-corrected chi connectivity index (χ3v) is 5.31. The number of hydrogen-bond acceptors (Lipinski definition) is 4. The Kier molecular flexibility index (Phi) is 7.16. The highest BCUT2D eigenvalue weighted by Gasteiger charge is 2.22. The molecule has 0 radical (unpaired) electrons. The third kappa shape index (κ3) is 4.99. The van der Waals surface area contributed by atoms with Crippen molar-refractivity contribution in [1.82, 2.24) is 4.57 Å². The summed E-state index contributed by atoms with van der Waals surface area (Å²) in [6, 6.07) is 13.5. The molecule has 0 fully saturated rings. The van der Waals surface area contributed by atoms with Gasteiger partial charge in [0.05, 0.1) is 34.2 Å². The van der Waals surface area contributed by atoms with Gasteiger partial charge in [0.2, 0.25) is 0 Å². The van der Waals surface area contributed by atoms with E-state index in [4.69, 9.17) is 22.1 Å². The smallest absolute Gasteiger partial charge is 0.355 e. The Morgan fingerprint density at radius 1 is 1.10 bits per heavy atom. The molecule has 3 aromatic rings. The van der Waals surface area contributed by atoms with E-state index in [1.165, 1.54) is 0 Å². The second-order valence-corrected chi connectivity index (χ2v) is 9.11. The van der Waals surface area contributed by atoms with E-state index in [9.17, 15) is 4.79 Å². The first-order valence-corrected chi connectivity index (χ1v) is 11.2. The number of carbonyl (C=O) groups excluding carboxylic acids is 1. The van der Waals surface area contributed by atoms with Crippen molar-refractivity contribution in [2.45, 2.75) is 34.6 Å². The van der Waals surface area contributed by atoms with Crippen LogP contribution in [0.2, 0.25) is 5.02 Å². The fraction of sp³-hybridized carbons (Fsp3) is 0.400. The van der Waals surface area contributed by atoms with Gasteiger partial charge >= 0.3 is 5.97 Å². The van der Waals surface area contributed by atoms with E-state index in [1.54, 1.807) is 6.92 Å². The Hall–Kier alpha value is -2.66. The Bertz CT molecular complexity index is 1040. The lowest BCUT2D eigenvalue weighted by Gasteiger charge is -2.31. The highest BCUT2D eigenvalue weighted by atomic mass is 35.5. The summed E-state index contributed by atoms with van der Waals surface area (Å²) in [5, 5.41) is 1.52. The second kappa shape index (κ2) is 9.65. The van der Waals surface area contributed by atoms with Crippen LogP contribution in [0.4, 0.5) is 11.4 Å². The molecule has 0 aliphatic heterocycles. The fourth-order valence-corrected chi connectivity index (χ4v) is 4.34. The molecule has 5 nitrogen and oxygen atoms in total. The predicted octanol–water partition coefficient (Wildman–Crippen LogP) is 6.16. The molecule has 2 N–H and O–H groups in total. The summed E-state index contributed by atoms with van der Waals surface area (Å²) < 4.78 is 7.17. The van der Waals surface area contributed by atoms with Crippen LogP contribution < -0.4 is 10.6 Å². The van der Waals surface area contributed by atoms with Crippen LogP contribution in [0, 0.1) is 11.8 Å². The molecule has 0 unspecified atom stereocenters. The molecule has 0 saturated carbocycles. The number of anilines is 2. The summed E-state index contributed by atoms with van der Waals surface area (Å²) in [7, 11) is 0. The van der Waals surface area contributed by atoms with Gasteiger partial charge in [0.25, 0.3) is 0 Å². The minimum Gasteiger partial charge on any atom is -0.461 e. The van der Waals surface area contributed by atoms with Gasteiger partial charge in [-0.3, -0.25) is 0 Å². The number of para-hydroxylation sites is 1. The van der Waals surface area contributed by atoms with Crippen molar-refractivity contribution < 1.29 is 9.53 Å². The fourth-order valence-electron chi connectivity index (χ4n) is 4.00. The summed E-state index contributed by atoms with van der Waals surface area (Å²) in [5.41, 5.74) is 10.1. The Balaban J connectivity index is 2.16. The van der Waals surface area contributed by atoms with Crippen LogP contribution in [0.1, 0.15) is 45.1 Å². The number of carbonyl (C=O) groups is 1. The number of halogens is 1. The molecule has 3 rings (SSSR count). The lowest BCUT2D eigenvalue weighted by atomic mass is 10.1. The van der Waals surface area contributed by atoms with E-state index < -0.39 is 0 Å². The lowest BCUT2D eigenvalue weighted by Crippen LogP contribution is -2.32. The van der Waals surface area contributed by atoms with Crippen LogP contribution in [0.25, 0.3) is 16.6 Å². The molecule has 0 atom stereocenters. The Morgan fingerprint density at radius 2 is 1.74 bits per heavy atom. The van der Waals surface area contributed by atoms with E-state index >= 15 is 0 Å². The van der Waals surface area contributed by atoms with Gasteiger partial charge in [-0.2, -0.15) is 0 Å². The maximum absolute atomic E-state index is 12.7. The van der Waals surface area contributed by atoms with Crippen LogP contribution in [0.3, 0.4) is 0 Å². The number of aromatic nitrogens is 1. The highest BCUT2D eigenvalue weighted by Crippen LogP contribution is 2.37. The van der Waals surface area contributed by atoms with Crippen molar-refractivity contribution in [3.63, 3.8) is 0 Å². The molecule has 1 heterocycles. The van der Waals surface area contributed by atoms with Gasteiger partial charge in [0, 0.05) is 18.5 Å². The van der Waals surface area contributed by atoms with E-state index in [-0.39, 0.29) is 5.97 Å². The minimum atomic E-state index is -0.376. The van der Waals surface area contributed by atoms with Crippen LogP contribution in [0.15, 0.2) is 42.5 Å². The van der Waals surface area contributed by atoms with E-state index in [1.807, 2.05) is 47.0 Å². The molecular weight excluding hydrogens is 410 g/mol. The summed E-state index contributed by atoms with van der Waals surface area (Å²) in [5.74, 6) is 0.564. The number of fused-ring (bicyclic) bond motifs is 1. The quantitative estimate of drug-likeness (QED) is 0.336. The first kappa shape index (κ1) is 23.0. The first-order valence-electron chi connectivity index (χ1n) is 10.8. The largest absolute Gasteiger partial charge is 0.461 e. The zero-order chi connectivity index (χ0) is 22.7. The summed E-state index contributed by atoms with van der Waals surface area (Å²) in [4.78, 5) is 14.9. The van der Waals surface area contributed by atoms with E-state index in [2.05, 4.69) is 32.6 Å². The minimum absolute atomic E-state index is 0.307. The molecule has 6 heteroatoms. The normalized spacial score (nSPS) is 11.5. The molecule has 0 bridgehead atoms. The van der Waals surface area contributed by atoms with Crippen LogP contribution >= 0.6 is 11.6 Å². The predicted molar refractivity (Wildman–Crippen MR) is 131 cm³/mol. The number of rotatable bonds is 8. The SMILES string of the molecule is CCOC(=O)c1cc2ccccc2n1-c1cc(N)c(N(CC(C)C)CC(C)C)c(Cl)c1.